The third kappa shape index (κ3) is 5.59. The van der Waals surface area contributed by atoms with E-state index in [2.05, 4.69) is 25.8 Å². The molecule has 1 aromatic heterocycles. The fraction of sp³-hybridized carbons (Fsp3) is 0.680. The number of aromatic nitrogens is 4. The first-order chi connectivity index (χ1) is 20.0. The quantitative estimate of drug-likeness (QED) is 0.101. The number of Topliss-reactive ketones (excluding diaryl/α,β-unsaturated/α-hetero) is 1. The number of aliphatic hydroxyl groups excluding tert-OH is 1. The Kier molecular flexibility index (Phi) is 8.52. The van der Waals surface area contributed by atoms with Gasteiger partial charge in [0, 0.05) is 54.7 Å². The topological polar surface area (TPSA) is 235 Å². The third-order valence-corrected chi connectivity index (χ3v) is 10.1. The molecule has 5 heterocycles. The van der Waals surface area contributed by atoms with Crippen molar-refractivity contribution in [1.29, 1.82) is 0 Å². The van der Waals surface area contributed by atoms with Crippen molar-refractivity contribution < 1.29 is 29.4 Å². The van der Waals surface area contributed by atoms with E-state index in [-0.39, 0.29) is 83.9 Å². The number of carboxylic acids is 1. The number of rotatable bonds is 11. The van der Waals surface area contributed by atoms with E-state index in [1.54, 1.807) is 4.90 Å². The highest BCUT2D eigenvalue weighted by atomic mass is 32.2. The summed E-state index contributed by atoms with van der Waals surface area (Å²) in [5.74, 6) is -3.03. The molecule has 0 aliphatic carbocycles. The molecule has 1 aromatic rings. The minimum absolute atomic E-state index is 0.00348. The van der Waals surface area contributed by atoms with Crippen LogP contribution in [0.5, 0.6) is 0 Å². The molecule has 4 aliphatic rings. The van der Waals surface area contributed by atoms with Gasteiger partial charge >= 0.3 is 5.97 Å². The van der Waals surface area contributed by atoms with Crippen LogP contribution in [0.15, 0.2) is 21.9 Å². The van der Waals surface area contributed by atoms with Crippen LogP contribution < -0.4 is 16.8 Å². The average Bonchev–Trinajstić information content (AvgIpc) is 3.71. The standard InChI is InChI=1S/C25H36N10O6S/c1-11(3-14(37)7-34-10-29-31-32-34)18-19-12(2)21(20(24(40)41)35(19)23(18)39)42-15-4-16(28-5-15)22(38)33-6-13(9-36)17(8-33)30-25(26)27/h10-13,15-19,28,36H,3-9H2,1-2H3,(H,40,41)(H4,26,27,30)/t11-,12+,13+,15-,16-,17-,18+,19+/m0/s1. The summed E-state index contributed by atoms with van der Waals surface area (Å²) >= 11 is 1.40. The van der Waals surface area contributed by atoms with E-state index < -0.39 is 17.9 Å². The number of aliphatic imine (C=N–C) groups is 1. The van der Waals surface area contributed by atoms with Crippen LogP contribution in [0.2, 0.25) is 0 Å². The lowest BCUT2D eigenvalue weighted by Gasteiger charge is -2.47. The van der Waals surface area contributed by atoms with Gasteiger partial charge in [0.15, 0.2) is 11.7 Å². The van der Waals surface area contributed by atoms with Crippen LogP contribution in [-0.4, -0.2) is 119 Å². The van der Waals surface area contributed by atoms with Gasteiger partial charge < -0.3 is 36.8 Å². The number of ketones is 1. The van der Waals surface area contributed by atoms with Crippen molar-refractivity contribution in [3.8, 4) is 0 Å². The summed E-state index contributed by atoms with van der Waals surface area (Å²) < 4.78 is 1.33. The van der Waals surface area contributed by atoms with Crippen LogP contribution in [0.25, 0.3) is 0 Å². The van der Waals surface area contributed by atoms with E-state index in [4.69, 9.17) is 11.5 Å². The summed E-state index contributed by atoms with van der Waals surface area (Å²) in [4.78, 5) is 59.2. The van der Waals surface area contributed by atoms with E-state index in [0.717, 1.165) is 0 Å². The Morgan fingerprint density at radius 2 is 2.05 bits per heavy atom. The summed E-state index contributed by atoms with van der Waals surface area (Å²) in [7, 11) is 0. The number of carboxylic acid groups (broad SMARTS) is 1. The first-order valence-electron chi connectivity index (χ1n) is 13.9. The summed E-state index contributed by atoms with van der Waals surface area (Å²) in [5.41, 5.74) is 11.0. The molecule has 3 saturated heterocycles. The molecule has 3 fully saturated rings. The van der Waals surface area contributed by atoms with Crippen LogP contribution in [-0.2, 0) is 25.7 Å². The highest BCUT2D eigenvalue weighted by molar-refractivity contribution is 8.03. The van der Waals surface area contributed by atoms with Crippen molar-refractivity contribution in [3.05, 3.63) is 16.9 Å². The molecule has 5 rings (SSSR count). The fourth-order valence-electron chi connectivity index (χ4n) is 6.68. The molecular formula is C25H36N10O6S. The summed E-state index contributed by atoms with van der Waals surface area (Å²) in [6.07, 6.45) is 1.97. The zero-order valence-corrected chi connectivity index (χ0v) is 24.2. The van der Waals surface area contributed by atoms with Crippen LogP contribution in [0.4, 0.5) is 0 Å². The lowest BCUT2D eigenvalue weighted by atomic mass is 9.73. The highest BCUT2D eigenvalue weighted by Crippen LogP contribution is 2.53. The molecule has 16 nitrogen and oxygen atoms in total. The second kappa shape index (κ2) is 12.0. The van der Waals surface area contributed by atoms with Crippen molar-refractivity contribution in [3.63, 3.8) is 0 Å². The summed E-state index contributed by atoms with van der Waals surface area (Å²) in [5, 5.41) is 33.7. The van der Waals surface area contributed by atoms with E-state index >= 15 is 0 Å². The van der Waals surface area contributed by atoms with Gasteiger partial charge in [-0.3, -0.25) is 14.4 Å². The lowest BCUT2D eigenvalue weighted by Crippen LogP contribution is -2.62. The van der Waals surface area contributed by atoms with Gasteiger partial charge in [-0.05, 0) is 22.8 Å². The van der Waals surface area contributed by atoms with Crippen molar-refractivity contribution in [2.24, 2.45) is 40.1 Å². The van der Waals surface area contributed by atoms with E-state index in [9.17, 15) is 29.4 Å². The summed E-state index contributed by atoms with van der Waals surface area (Å²) in [6.45, 7) is 4.75. The number of fused-ring (bicyclic) bond motifs is 1. The molecule has 17 heteroatoms. The molecule has 7 N–H and O–H groups in total. The zero-order valence-electron chi connectivity index (χ0n) is 23.4. The number of nitrogens with one attached hydrogen (secondary N) is 1. The monoisotopic (exact) mass is 604 g/mol. The van der Waals surface area contributed by atoms with E-state index in [1.807, 2.05) is 13.8 Å². The number of β-lactam (4-membered cyclic amide) rings is 1. The number of aliphatic hydroxyl groups is 1. The molecule has 0 radical (unpaired) electrons. The molecule has 2 amide bonds. The molecule has 0 saturated carbocycles. The Hall–Kier alpha value is -3.57. The van der Waals surface area contributed by atoms with Crippen molar-refractivity contribution in [1.82, 2.24) is 35.3 Å². The largest absolute Gasteiger partial charge is 0.477 e. The number of hydrogen-bond donors (Lipinski definition) is 5. The normalized spacial score (nSPS) is 31.2. The third-order valence-electron chi connectivity index (χ3n) is 8.63. The smallest absolute Gasteiger partial charge is 0.353 e. The van der Waals surface area contributed by atoms with Gasteiger partial charge in [-0.25, -0.2) is 14.5 Å². The number of tetrazole rings is 1. The second-order valence-electron chi connectivity index (χ2n) is 11.5. The van der Waals surface area contributed by atoms with Gasteiger partial charge in [0.2, 0.25) is 11.8 Å². The van der Waals surface area contributed by atoms with Crippen molar-refractivity contribution >= 4 is 41.3 Å². The Balaban J connectivity index is 1.22. The maximum Gasteiger partial charge on any atom is 0.353 e. The molecule has 0 aromatic carbocycles. The summed E-state index contributed by atoms with van der Waals surface area (Å²) in [6, 6.07) is -1.19. The number of aliphatic carboxylic acids is 1. The second-order valence-corrected chi connectivity index (χ2v) is 12.8. The minimum atomic E-state index is -1.17. The number of nitrogens with two attached hydrogens (primary N) is 2. The number of guanidine groups is 1. The molecular weight excluding hydrogens is 568 g/mol. The zero-order chi connectivity index (χ0) is 30.3. The Labute approximate surface area is 245 Å². The van der Waals surface area contributed by atoms with Crippen molar-refractivity contribution in [2.75, 3.05) is 26.2 Å². The predicted molar refractivity (Wildman–Crippen MR) is 149 cm³/mol. The number of nitrogens with zero attached hydrogens (tertiary/aromatic N) is 7. The van der Waals surface area contributed by atoms with Gasteiger partial charge in [0.05, 0.1) is 24.0 Å². The van der Waals surface area contributed by atoms with Crippen LogP contribution in [0, 0.1) is 23.7 Å². The number of likely N-dealkylation sites (tertiary alicyclic amines) is 1. The molecule has 228 valence electrons. The minimum Gasteiger partial charge on any atom is -0.477 e. The molecule has 4 aliphatic heterocycles. The van der Waals surface area contributed by atoms with Gasteiger partial charge in [0.25, 0.3) is 0 Å². The maximum absolute atomic E-state index is 13.3. The van der Waals surface area contributed by atoms with Gasteiger partial charge in [-0.15, -0.1) is 16.9 Å². The van der Waals surface area contributed by atoms with Crippen LogP contribution in [0.1, 0.15) is 26.7 Å². The first kappa shape index (κ1) is 29.9. The Bertz CT molecular complexity index is 1300. The van der Waals surface area contributed by atoms with Gasteiger partial charge in [-0.1, -0.05) is 13.8 Å². The van der Waals surface area contributed by atoms with Gasteiger partial charge in [0.1, 0.15) is 18.6 Å². The number of thioether (sulfide) groups is 1. The first-order valence-corrected chi connectivity index (χ1v) is 14.8. The van der Waals surface area contributed by atoms with Crippen molar-refractivity contribution in [2.45, 2.75) is 56.6 Å². The maximum atomic E-state index is 13.3. The van der Waals surface area contributed by atoms with E-state index in [1.165, 1.54) is 27.7 Å². The lowest BCUT2D eigenvalue weighted by molar-refractivity contribution is -0.160. The average molecular weight is 605 g/mol. The molecule has 0 unspecified atom stereocenters. The van der Waals surface area contributed by atoms with Crippen LogP contribution >= 0.6 is 11.8 Å². The molecule has 0 spiro atoms. The SMILES string of the molecule is C[C@@H](CC(=O)Cn1cnnn1)[C@H]1C(=O)N2C(C(=O)O)=C(S[C@@H]3CN[C@H](C(=O)N4C[C@H](CO)[C@@H](N=C(N)N)C4)C3)[C@H](C)[C@H]12. The Morgan fingerprint density at radius 3 is 2.69 bits per heavy atom. The number of amides is 2. The molecule has 42 heavy (non-hydrogen) atoms. The van der Waals surface area contributed by atoms with Crippen LogP contribution in [0.3, 0.4) is 0 Å². The van der Waals surface area contributed by atoms with Gasteiger partial charge in [-0.2, -0.15) is 0 Å². The number of carbonyl (C=O) groups excluding carboxylic acids is 3. The number of hydrogen-bond acceptors (Lipinski definition) is 11. The molecule has 0 bridgehead atoms. The molecule has 8 atom stereocenters. The Morgan fingerprint density at radius 1 is 1.29 bits per heavy atom. The highest BCUT2D eigenvalue weighted by Gasteiger charge is 2.60. The number of carbonyl (C=O) groups is 4. The predicted octanol–water partition coefficient (Wildman–Crippen LogP) is -2.40. The fourth-order valence-corrected chi connectivity index (χ4v) is 8.16. The van der Waals surface area contributed by atoms with E-state index in [0.29, 0.717) is 31.0 Å².